The van der Waals surface area contributed by atoms with Crippen LogP contribution in [0.3, 0.4) is 0 Å². The van der Waals surface area contributed by atoms with Crippen molar-refractivity contribution in [2.75, 3.05) is 0 Å². The van der Waals surface area contributed by atoms with E-state index in [-0.39, 0.29) is 0 Å². The fraction of sp³-hybridized carbons (Fsp3) is 0.733. The van der Waals surface area contributed by atoms with Crippen LogP contribution >= 0.6 is 0 Å². The Hall–Kier alpha value is -0.600. The van der Waals surface area contributed by atoms with E-state index >= 15 is 0 Å². The van der Waals surface area contributed by atoms with Gasteiger partial charge in [0, 0.05) is 0 Å². The largest absolute Gasteiger partial charge is 0.389 e. The maximum atomic E-state index is 10.2. The molecule has 0 aliphatic heterocycles. The van der Waals surface area contributed by atoms with Crippen molar-refractivity contribution in [2.45, 2.75) is 58.2 Å². The molecule has 0 fully saturated rings. The first-order valence-electron chi connectivity index (χ1n) is 6.59. The second-order valence-electron chi connectivity index (χ2n) is 5.88. The SMILES string of the molecule is C=C1CC[C@@H](C(C)C)/C=C/[C@](C)(O)CC[C@@H]1O. The van der Waals surface area contributed by atoms with Gasteiger partial charge in [-0.2, -0.15) is 0 Å². The standard InChI is InChI=1S/C15H26O2/c1-11(2)13-6-5-12(3)14(16)8-10-15(4,17)9-7-13/h7,9,11,13-14,16-17H,3,5-6,8,10H2,1-2,4H3/b9-7+/t13-,14+,15+/m1/s1. The first-order valence-corrected chi connectivity index (χ1v) is 6.59. The Morgan fingerprint density at radius 2 is 2.06 bits per heavy atom. The Morgan fingerprint density at radius 3 is 2.65 bits per heavy atom. The van der Waals surface area contributed by atoms with Crippen molar-refractivity contribution in [1.29, 1.82) is 0 Å². The maximum absolute atomic E-state index is 10.2. The minimum Gasteiger partial charge on any atom is -0.389 e. The van der Waals surface area contributed by atoms with Crippen molar-refractivity contribution < 1.29 is 10.2 Å². The Bertz CT molecular complexity index is 289. The molecule has 0 unspecified atom stereocenters. The molecule has 1 rings (SSSR count). The fourth-order valence-corrected chi connectivity index (χ4v) is 2.22. The lowest BCUT2D eigenvalue weighted by Gasteiger charge is -2.26. The first kappa shape index (κ1) is 14.5. The van der Waals surface area contributed by atoms with E-state index < -0.39 is 11.7 Å². The molecule has 0 amide bonds. The van der Waals surface area contributed by atoms with E-state index in [0.29, 0.717) is 24.7 Å². The molecule has 17 heavy (non-hydrogen) atoms. The molecule has 0 saturated heterocycles. The lowest BCUT2D eigenvalue weighted by atomic mass is 9.84. The average molecular weight is 238 g/mol. The van der Waals surface area contributed by atoms with Crippen molar-refractivity contribution in [3.63, 3.8) is 0 Å². The van der Waals surface area contributed by atoms with Gasteiger partial charge in [0.1, 0.15) is 0 Å². The predicted molar refractivity (Wildman–Crippen MR) is 71.7 cm³/mol. The van der Waals surface area contributed by atoms with Crippen LogP contribution < -0.4 is 0 Å². The summed E-state index contributed by atoms with van der Waals surface area (Å²) in [6, 6.07) is 0. The summed E-state index contributed by atoms with van der Waals surface area (Å²) in [7, 11) is 0. The normalized spacial score (nSPS) is 38.1. The molecule has 0 aromatic heterocycles. The van der Waals surface area contributed by atoms with Crippen LogP contribution in [0.5, 0.6) is 0 Å². The molecule has 0 aromatic carbocycles. The zero-order valence-corrected chi connectivity index (χ0v) is 11.3. The van der Waals surface area contributed by atoms with Gasteiger partial charge >= 0.3 is 0 Å². The fourth-order valence-electron chi connectivity index (χ4n) is 2.22. The Kier molecular flexibility index (Phi) is 4.96. The molecule has 0 heterocycles. The van der Waals surface area contributed by atoms with Crippen LogP contribution in [-0.4, -0.2) is 21.9 Å². The molecule has 0 spiro atoms. The summed E-state index contributed by atoms with van der Waals surface area (Å²) in [6.07, 6.45) is 6.60. The van der Waals surface area contributed by atoms with E-state index in [4.69, 9.17) is 0 Å². The van der Waals surface area contributed by atoms with Gasteiger partial charge in [-0.3, -0.25) is 0 Å². The van der Waals surface area contributed by atoms with Crippen molar-refractivity contribution in [1.82, 2.24) is 0 Å². The lowest BCUT2D eigenvalue weighted by Crippen LogP contribution is -2.25. The number of hydrogen-bond acceptors (Lipinski definition) is 2. The molecule has 0 aromatic rings. The van der Waals surface area contributed by atoms with E-state index in [0.717, 1.165) is 18.4 Å². The van der Waals surface area contributed by atoms with Crippen LogP contribution in [0.4, 0.5) is 0 Å². The van der Waals surface area contributed by atoms with E-state index in [1.807, 2.05) is 6.08 Å². The smallest absolute Gasteiger partial charge is 0.0800 e. The van der Waals surface area contributed by atoms with Gasteiger partial charge in [0.2, 0.25) is 0 Å². The molecular formula is C15H26O2. The third-order valence-corrected chi connectivity index (χ3v) is 3.75. The highest BCUT2D eigenvalue weighted by molar-refractivity contribution is 5.08. The first-order chi connectivity index (χ1) is 7.82. The molecule has 2 nitrogen and oxygen atoms in total. The summed E-state index contributed by atoms with van der Waals surface area (Å²) >= 11 is 0. The highest BCUT2D eigenvalue weighted by atomic mass is 16.3. The summed E-state index contributed by atoms with van der Waals surface area (Å²) < 4.78 is 0. The summed E-state index contributed by atoms with van der Waals surface area (Å²) in [5, 5.41) is 20.1. The van der Waals surface area contributed by atoms with Gasteiger partial charge in [0.25, 0.3) is 0 Å². The number of rotatable bonds is 1. The van der Waals surface area contributed by atoms with Gasteiger partial charge in [-0.1, -0.05) is 32.6 Å². The average Bonchev–Trinajstić information content (AvgIpc) is 2.24. The molecule has 2 N–H and O–H groups in total. The number of hydrogen-bond donors (Lipinski definition) is 2. The Morgan fingerprint density at radius 1 is 1.41 bits per heavy atom. The van der Waals surface area contributed by atoms with Crippen LogP contribution in [0.25, 0.3) is 0 Å². The predicted octanol–water partition coefficient (Wildman–Crippen LogP) is 3.06. The second-order valence-corrected chi connectivity index (χ2v) is 5.88. The molecule has 3 atom stereocenters. The van der Waals surface area contributed by atoms with Gasteiger partial charge < -0.3 is 10.2 Å². The van der Waals surface area contributed by atoms with Crippen molar-refractivity contribution in [2.24, 2.45) is 11.8 Å². The Labute approximate surface area is 105 Å². The van der Waals surface area contributed by atoms with Crippen LogP contribution in [0, 0.1) is 11.8 Å². The van der Waals surface area contributed by atoms with E-state index in [1.54, 1.807) is 6.92 Å². The number of aliphatic hydroxyl groups is 2. The van der Waals surface area contributed by atoms with Crippen molar-refractivity contribution in [3.05, 3.63) is 24.3 Å². The summed E-state index contributed by atoms with van der Waals surface area (Å²) in [4.78, 5) is 0. The van der Waals surface area contributed by atoms with E-state index in [9.17, 15) is 10.2 Å². The highest BCUT2D eigenvalue weighted by Crippen LogP contribution is 2.27. The molecule has 0 bridgehead atoms. The third kappa shape index (κ3) is 4.64. The number of aliphatic hydroxyl groups excluding tert-OH is 1. The molecular weight excluding hydrogens is 212 g/mol. The van der Waals surface area contributed by atoms with Gasteiger partial charge in [0.15, 0.2) is 0 Å². The number of allylic oxidation sites excluding steroid dienone is 1. The third-order valence-electron chi connectivity index (χ3n) is 3.75. The van der Waals surface area contributed by atoms with Gasteiger partial charge in [-0.05, 0) is 50.0 Å². The maximum Gasteiger partial charge on any atom is 0.0800 e. The lowest BCUT2D eigenvalue weighted by molar-refractivity contribution is 0.0781. The Balaban J connectivity index is 2.83. The molecule has 98 valence electrons. The van der Waals surface area contributed by atoms with Crippen molar-refractivity contribution >= 4 is 0 Å². The summed E-state index contributed by atoms with van der Waals surface area (Å²) in [5.41, 5.74) is 0.0906. The molecule has 1 aliphatic rings. The van der Waals surface area contributed by atoms with Crippen LogP contribution in [0.1, 0.15) is 46.5 Å². The van der Waals surface area contributed by atoms with Crippen molar-refractivity contribution in [3.8, 4) is 0 Å². The minimum atomic E-state index is -0.814. The topological polar surface area (TPSA) is 40.5 Å². The zero-order chi connectivity index (χ0) is 13.1. The second kappa shape index (κ2) is 5.83. The van der Waals surface area contributed by atoms with E-state index in [2.05, 4.69) is 26.5 Å². The van der Waals surface area contributed by atoms with Crippen LogP contribution in [-0.2, 0) is 0 Å². The summed E-state index contributed by atoms with van der Waals surface area (Å²) in [6.45, 7) is 10.1. The monoisotopic (exact) mass is 238 g/mol. The molecule has 0 saturated carbocycles. The van der Waals surface area contributed by atoms with Gasteiger partial charge in [-0.15, -0.1) is 0 Å². The summed E-state index contributed by atoms with van der Waals surface area (Å²) in [5.74, 6) is 0.995. The van der Waals surface area contributed by atoms with Crippen LogP contribution in [0.15, 0.2) is 24.3 Å². The molecule has 1 aliphatic carbocycles. The van der Waals surface area contributed by atoms with Gasteiger partial charge in [-0.25, -0.2) is 0 Å². The molecule has 2 heteroatoms. The van der Waals surface area contributed by atoms with Gasteiger partial charge in [0.05, 0.1) is 11.7 Å². The van der Waals surface area contributed by atoms with E-state index in [1.165, 1.54) is 0 Å². The zero-order valence-electron chi connectivity index (χ0n) is 11.3. The van der Waals surface area contributed by atoms with Crippen LogP contribution in [0.2, 0.25) is 0 Å². The molecule has 0 radical (unpaired) electrons. The highest BCUT2D eigenvalue weighted by Gasteiger charge is 2.23. The minimum absolute atomic E-state index is 0.448. The quantitative estimate of drug-likeness (QED) is 0.689.